The maximum absolute atomic E-state index is 11.8. The van der Waals surface area contributed by atoms with E-state index in [1.54, 1.807) is 29.2 Å². The largest absolute Gasteiger partial charge is 0.484 e. The van der Waals surface area contributed by atoms with Crippen molar-refractivity contribution in [2.24, 2.45) is 0 Å². The van der Waals surface area contributed by atoms with Gasteiger partial charge >= 0.3 is 0 Å². The highest BCUT2D eigenvalue weighted by Gasteiger charge is 2.11. The Morgan fingerprint density at radius 1 is 1.56 bits per heavy atom. The Morgan fingerprint density at radius 3 is 2.94 bits per heavy atom. The van der Waals surface area contributed by atoms with Crippen molar-refractivity contribution in [2.75, 3.05) is 25.4 Å². The van der Waals surface area contributed by atoms with Crippen LogP contribution in [0.5, 0.6) is 5.75 Å². The summed E-state index contributed by atoms with van der Waals surface area (Å²) in [6, 6.07) is 8.94. The van der Waals surface area contributed by atoms with Crippen LogP contribution in [0.15, 0.2) is 24.3 Å². The number of nitriles is 1. The van der Waals surface area contributed by atoms with E-state index in [-0.39, 0.29) is 12.5 Å². The molecule has 0 aliphatic rings. The summed E-state index contributed by atoms with van der Waals surface area (Å²) < 4.78 is 5.36. The Labute approximate surface area is 107 Å². The van der Waals surface area contributed by atoms with Crippen LogP contribution in [0.25, 0.3) is 0 Å². The second kappa shape index (κ2) is 7.17. The van der Waals surface area contributed by atoms with Gasteiger partial charge in [-0.15, -0.1) is 0 Å². The second-order valence-corrected chi connectivity index (χ2v) is 3.74. The minimum absolute atomic E-state index is 0.0390. The zero-order chi connectivity index (χ0) is 13.4. The lowest BCUT2D eigenvalue weighted by molar-refractivity contribution is -0.133. The number of carbonyl (C=O) groups excluding carboxylic acids is 1. The predicted octanol–water partition coefficient (Wildman–Crippen LogP) is 1.41. The van der Waals surface area contributed by atoms with Crippen LogP contribution < -0.4 is 10.5 Å². The van der Waals surface area contributed by atoms with Gasteiger partial charge in [-0.1, -0.05) is 6.07 Å². The summed E-state index contributed by atoms with van der Waals surface area (Å²) in [6.45, 7) is 2.84. The number of hydrogen-bond donors (Lipinski definition) is 1. The van der Waals surface area contributed by atoms with Gasteiger partial charge in [0.25, 0.3) is 5.91 Å². The van der Waals surface area contributed by atoms with Crippen LogP contribution in [0, 0.1) is 11.3 Å². The number of amides is 1. The normalized spacial score (nSPS) is 9.56. The predicted molar refractivity (Wildman–Crippen MR) is 68.8 cm³/mol. The standard InChI is InChI=1S/C13H17N3O2/c1-2-16(8-4-7-14)13(17)10-18-12-6-3-5-11(15)9-12/h3,5-6,9H,2,4,8,10,15H2,1H3. The Balaban J connectivity index is 2.47. The molecule has 0 radical (unpaired) electrons. The fraction of sp³-hybridized carbons (Fsp3) is 0.385. The number of carbonyl (C=O) groups is 1. The molecule has 0 spiro atoms. The van der Waals surface area contributed by atoms with E-state index in [9.17, 15) is 4.79 Å². The molecular formula is C13H17N3O2. The van der Waals surface area contributed by atoms with Crippen molar-refractivity contribution in [3.8, 4) is 11.8 Å². The lowest BCUT2D eigenvalue weighted by atomic mass is 10.3. The summed E-state index contributed by atoms with van der Waals surface area (Å²) in [4.78, 5) is 13.4. The first kappa shape index (κ1) is 13.8. The second-order valence-electron chi connectivity index (χ2n) is 3.74. The lowest BCUT2D eigenvalue weighted by Crippen LogP contribution is -2.35. The number of nitrogens with zero attached hydrogens (tertiary/aromatic N) is 2. The topological polar surface area (TPSA) is 79.3 Å². The molecule has 0 aliphatic heterocycles. The van der Waals surface area contributed by atoms with Crippen LogP contribution in [-0.4, -0.2) is 30.5 Å². The molecule has 0 aliphatic carbocycles. The molecule has 5 heteroatoms. The molecular weight excluding hydrogens is 230 g/mol. The third-order valence-electron chi connectivity index (χ3n) is 2.45. The fourth-order valence-corrected chi connectivity index (χ4v) is 1.48. The summed E-state index contributed by atoms with van der Waals surface area (Å²) in [5, 5.41) is 8.50. The van der Waals surface area contributed by atoms with E-state index >= 15 is 0 Å². The number of hydrogen-bond acceptors (Lipinski definition) is 4. The van der Waals surface area contributed by atoms with Crippen molar-refractivity contribution >= 4 is 11.6 Å². The fourth-order valence-electron chi connectivity index (χ4n) is 1.48. The quantitative estimate of drug-likeness (QED) is 0.771. The number of rotatable bonds is 6. The van der Waals surface area contributed by atoms with Crippen LogP contribution in [0.1, 0.15) is 13.3 Å². The molecule has 1 aromatic rings. The third kappa shape index (κ3) is 4.34. The van der Waals surface area contributed by atoms with Gasteiger partial charge in [-0.3, -0.25) is 4.79 Å². The van der Waals surface area contributed by atoms with Gasteiger partial charge in [0.15, 0.2) is 6.61 Å². The Hall–Kier alpha value is -2.22. The molecule has 5 nitrogen and oxygen atoms in total. The van der Waals surface area contributed by atoms with Crippen LogP contribution >= 0.6 is 0 Å². The maximum Gasteiger partial charge on any atom is 0.260 e. The van der Waals surface area contributed by atoms with Gasteiger partial charge in [0.2, 0.25) is 0 Å². The molecule has 18 heavy (non-hydrogen) atoms. The number of nitrogens with two attached hydrogens (primary N) is 1. The highest BCUT2D eigenvalue weighted by atomic mass is 16.5. The van der Waals surface area contributed by atoms with Crippen molar-refractivity contribution in [3.05, 3.63) is 24.3 Å². The summed E-state index contributed by atoms with van der Waals surface area (Å²) in [5.41, 5.74) is 6.20. The first-order valence-electron chi connectivity index (χ1n) is 5.80. The molecule has 1 rings (SSSR count). The van der Waals surface area contributed by atoms with E-state index in [1.165, 1.54) is 0 Å². The molecule has 2 N–H and O–H groups in total. The Kier molecular flexibility index (Phi) is 5.52. The van der Waals surface area contributed by atoms with Crippen LogP contribution in [-0.2, 0) is 4.79 Å². The van der Waals surface area contributed by atoms with E-state index in [2.05, 4.69) is 0 Å². The molecule has 0 saturated heterocycles. The lowest BCUT2D eigenvalue weighted by Gasteiger charge is -2.19. The highest BCUT2D eigenvalue weighted by molar-refractivity contribution is 5.77. The van der Waals surface area contributed by atoms with Crippen molar-refractivity contribution in [1.82, 2.24) is 4.90 Å². The molecule has 1 amide bonds. The number of anilines is 1. The van der Waals surface area contributed by atoms with Crippen LogP contribution in [0.2, 0.25) is 0 Å². The molecule has 0 fully saturated rings. The average molecular weight is 247 g/mol. The number of ether oxygens (including phenoxy) is 1. The molecule has 0 saturated carbocycles. The molecule has 0 heterocycles. The first-order chi connectivity index (χ1) is 8.67. The minimum atomic E-state index is -0.129. The van der Waals surface area contributed by atoms with Crippen molar-refractivity contribution in [2.45, 2.75) is 13.3 Å². The monoisotopic (exact) mass is 247 g/mol. The Bertz CT molecular complexity index is 440. The van der Waals surface area contributed by atoms with Gasteiger partial charge in [0.05, 0.1) is 12.5 Å². The highest BCUT2D eigenvalue weighted by Crippen LogP contribution is 2.14. The number of likely N-dealkylation sites (N-methyl/N-ethyl adjacent to an activating group) is 1. The van der Waals surface area contributed by atoms with Crippen LogP contribution in [0.4, 0.5) is 5.69 Å². The number of benzene rings is 1. The van der Waals surface area contributed by atoms with Gasteiger partial charge in [0, 0.05) is 24.8 Å². The van der Waals surface area contributed by atoms with Gasteiger partial charge in [-0.2, -0.15) is 5.26 Å². The van der Waals surface area contributed by atoms with Crippen molar-refractivity contribution in [1.29, 1.82) is 5.26 Å². The van der Waals surface area contributed by atoms with Crippen LogP contribution in [0.3, 0.4) is 0 Å². The van der Waals surface area contributed by atoms with Crippen molar-refractivity contribution < 1.29 is 9.53 Å². The molecule has 1 aromatic carbocycles. The van der Waals surface area contributed by atoms with Gasteiger partial charge < -0.3 is 15.4 Å². The Morgan fingerprint density at radius 2 is 2.33 bits per heavy atom. The zero-order valence-corrected chi connectivity index (χ0v) is 10.4. The van der Waals surface area contributed by atoms with E-state index in [0.717, 1.165) is 0 Å². The molecule has 96 valence electrons. The van der Waals surface area contributed by atoms with E-state index < -0.39 is 0 Å². The SMILES string of the molecule is CCN(CCC#N)C(=O)COc1cccc(N)c1. The number of nitrogen functional groups attached to an aromatic ring is 1. The molecule has 0 unspecified atom stereocenters. The summed E-state index contributed by atoms with van der Waals surface area (Å²) in [7, 11) is 0. The third-order valence-corrected chi connectivity index (χ3v) is 2.45. The summed E-state index contributed by atoms with van der Waals surface area (Å²) in [5.74, 6) is 0.440. The molecule has 0 atom stereocenters. The van der Waals surface area contributed by atoms with Gasteiger partial charge in [0.1, 0.15) is 5.75 Å². The van der Waals surface area contributed by atoms with E-state index in [4.69, 9.17) is 15.7 Å². The average Bonchev–Trinajstić information content (AvgIpc) is 2.37. The smallest absolute Gasteiger partial charge is 0.260 e. The van der Waals surface area contributed by atoms with E-state index in [0.29, 0.717) is 30.9 Å². The van der Waals surface area contributed by atoms with E-state index in [1.807, 2.05) is 13.0 Å². The molecule has 0 bridgehead atoms. The first-order valence-corrected chi connectivity index (χ1v) is 5.80. The minimum Gasteiger partial charge on any atom is -0.484 e. The van der Waals surface area contributed by atoms with Gasteiger partial charge in [-0.25, -0.2) is 0 Å². The van der Waals surface area contributed by atoms with Gasteiger partial charge in [-0.05, 0) is 19.1 Å². The summed E-state index contributed by atoms with van der Waals surface area (Å²) >= 11 is 0. The molecule has 0 aromatic heterocycles. The zero-order valence-electron chi connectivity index (χ0n) is 10.4. The van der Waals surface area contributed by atoms with Crippen molar-refractivity contribution in [3.63, 3.8) is 0 Å². The summed E-state index contributed by atoms with van der Waals surface area (Å²) in [6.07, 6.45) is 0.331. The maximum atomic E-state index is 11.8.